The van der Waals surface area contributed by atoms with E-state index in [1.54, 1.807) is 48.5 Å². The Labute approximate surface area is 277 Å². The number of alkyl halides is 1. The second kappa shape index (κ2) is 17.0. The average Bonchev–Trinajstić information content (AvgIpc) is 3.01. The van der Waals surface area contributed by atoms with Crippen LogP contribution in [0.3, 0.4) is 0 Å². The lowest BCUT2D eigenvalue weighted by atomic mass is 9.99. The predicted molar refractivity (Wildman–Crippen MR) is 199 cm³/mol. The van der Waals surface area contributed by atoms with Crippen molar-refractivity contribution >= 4 is 51.3 Å². The number of halogens is 1. The lowest BCUT2D eigenvalue weighted by Gasteiger charge is -2.28. The monoisotopic (exact) mass is 682 g/mol. The molecule has 0 saturated heterocycles. The largest absolute Gasteiger partial charge is 0.508 e. The van der Waals surface area contributed by atoms with Crippen molar-refractivity contribution in [3.8, 4) is 5.75 Å². The predicted octanol–water partition coefficient (Wildman–Crippen LogP) is 6.11. The van der Waals surface area contributed by atoms with E-state index in [-0.39, 0.29) is 11.7 Å². The summed E-state index contributed by atoms with van der Waals surface area (Å²) in [5, 5.41) is 14.9. The van der Waals surface area contributed by atoms with Gasteiger partial charge in [0, 0.05) is 52.8 Å². The quantitative estimate of drug-likeness (QED) is 0.101. The number of carbonyl (C=O) groups is 1. The first-order valence-electron chi connectivity index (χ1n) is 15.0. The van der Waals surface area contributed by atoms with Crippen molar-refractivity contribution < 1.29 is 18.5 Å². The van der Waals surface area contributed by atoms with Crippen molar-refractivity contribution in [1.82, 2.24) is 10.6 Å². The van der Waals surface area contributed by atoms with Gasteiger partial charge >= 0.3 is 0 Å². The van der Waals surface area contributed by atoms with E-state index in [0.717, 1.165) is 11.1 Å². The summed E-state index contributed by atoms with van der Waals surface area (Å²) in [5.41, 5.74) is 10.5. The van der Waals surface area contributed by atoms with Crippen LogP contribution in [0.1, 0.15) is 40.9 Å². The van der Waals surface area contributed by atoms with E-state index < -0.39 is 26.9 Å². The van der Waals surface area contributed by atoms with Gasteiger partial charge in [-0.25, -0.2) is 8.60 Å². The molecule has 5 N–H and O–H groups in total. The number of nitrogens with one attached hydrogen (secondary N) is 2. The Kier molecular flexibility index (Phi) is 13.7. The summed E-state index contributed by atoms with van der Waals surface area (Å²) < 4.78 is 29.1. The van der Waals surface area contributed by atoms with E-state index in [9.17, 15) is 18.5 Å². The zero-order valence-corrected chi connectivity index (χ0v) is 29.7. The fourth-order valence-corrected chi connectivity index (χ4v) is 6.34. The van der Waals surface area contributed by atoms with E-state index >= 15 is 0 Å². The van der Waals surface area contributed by atoms with Crippen LogP contribution in [0.4, 0.5) is 15.8 Å². The highest BCUT2D eigenvalue weighted by Gasteiger charge is 2.23. The topological polar surface area (TPSA) is 108 Å². The van der Waals surface area contributed by atoms with Gasteiger partial charge in [-0.1, -0.05) is 99.1 Å². The van der Waals surface area contributed by atoms with E-state index in [1.165, 1.54) is 22.7 Å². The van der Waals surface area contributed by atoms with Gasteiger partial charge in [-0.15, -0.1) is 0 Å². The standard InChI is InChI=1S/C33H39FN4O3P2S.C2H6/c1-44(2,41)38(28-15-8-16-29(39)20-28)27-14-7-12-25(19-27)32(40)37-31(18-23-9-4-3-5-10-23)30(35)22-36-21-24-11-6-13-26(17-24)33(34,42)43;1-2/h3-17,19-20,30-31,36,39H,1,18,21-22,35,42-43H2,2H3,(H,37,40);1-2H3. The molecular formula is C35H45FN4O3P2S. The second-order valence-corrected chi connectivity index (χ2v) is 15.5. The molecule has 5 atom stereocenters. The Morgan fingerprint density at radius 2 is 1.57 bits per heavy atom. The summed E-state index contributed by atoms with van der Waals surface area (Å²) in [6, 6.07) is 29.3. The van der Waals surface area contributed by atoms with E-state index in [1.807, 2.05) is 56.3 Å². The van der Waals surface area contributed by atoms with Crippen molar-refractivity contribution in [2.24, 2.45) is 5.73 Å². The number of nitrogens with zero attached hydrogens (tertiary/aromatic N) is 1. The molecule has 1 amide bonds. The van der Waals surface area contributed by atoms with Gasteiger partial charge in [0.05, 0.1) is 11.4 Å². The minimum absolute atomic E-state index is 0.0216. The van der Waals surface area contributed by atoms with Crippen LogP contribution in [-0.2, 0) is 27.8 Å². The Bertz CT molecular complexity index is 1680. The van der Waals surface area contributed by atoms with E-state index in [0.29, 0.717) is 42.0 Å². The van der Waals surface area contributed by atoms with Gasteiger partial charge in [0.25, 0.3) is 5.91 Å². The highest BCUT2D eigenvalue weighted by Crippen LogP contribution is 2.40. The number of phenols is 1. The van der Waals surface area contributed by atoms with Crippen LogP contribution in [-0.4, -0.2) is 46.0 Å². The average molecular weight is 683 g/mol. The van der Waals surface area contributed by atoms with Gasteiger partial charge in [-0.2, -0.15) is 0 Å². The van der Waals surface area contributed by atoms with Crippen LogP contribution in [0.25, 0.3) is 0 Å². The molecule has 46 heavy (non-hydrogen) atoms. The molecule has 0 radical (unpaired) electrons. The van der Waals surface area contributed by atoms with E-state index in [4.69, 9.17) is 5.73 Å². The van der Waals surface area contributed by atoms with Crippen LogP contribution in [0.5, 0.6) is 5.75 Å². The fraction of sp³-hybridized carbons (Fsp3) is 0.257. The molecule has 7 nitrogen and oxygen atoms in total. The second-order valence-electron chi connectivity index (χ2n) is 10.9. The summed E-state index contributed by atoms with van der Waals surface area (Å²) >= 11 is 0. The molecular weight excluding hydrogens is 637 g/mol. The Balaban J connectivity index is 0.00000282. The number of benzene rings is 4. The number of carbonyl (C=O) groups excluding carboxylic acids is 1. The van der Waals surface area contributed by atoms with Gasteiger partial charge in [-0.05, 0) is 59.3 Å². The first kappa shape index (κ1) is 37.1. The molecule has 0 heterocycles. The van der Waals surface area contributed by atoms with Crippen molar-refractivity contribution in [2.75, 3.05) is 17.1 Å². The zero-order valence-electron chi connectivity index (χ0n) is 26.5. The van der Waals surface area contributed by atoms with Crippen molar-refractivity contribution in [3.63, 3.8) is 0 Å². The number of rotatable bonds is 13. The maximum atomic E-state index is 14.4. The van der Waals surface area contributed by atoms with Gasteiger partial charge in [0.2, 0.25) is 0 Å². The van der Waals surface area contributed by atoms with Crippen LogP contribution >= 0.6 is 18.5 Å². The van der Waals surface area contributed by atoms with Gasteiger partial charge < -0.3 is 21.5 Å². The number of nitrogens with two attached hydrogens (primary N) is 1. The molecule has 0 saturated carbocycles. The number of phenolic OH excluding ortho intramolecular Hbond substituents is 1. The first-order chi connectivity index (χ1) is 21.8. The van der Waals surface area contributed by atoms with Crippen molar-refractivity contribution in [3.05, 3.63) is 125 Å². The Morgan fingerprint density at radius 1 is 0.957 bits per heavy atom. The lowest BCUT2D eigenvalue weighted by Crippen LogP contribution is -2.53. The number of amides is 1. The SMILES string of the molecule is C=S(C)(=O)N(c1cccc(O)c1)c1cccc(C(=O)NC(Cc2ccccc2)C(N)CNCc2cccc(C(F)(P)P)c2)c1.CC. The maximum absolute atomic E-state index is 14.4. The minimum atomic E-state index is -2.81. The maximum Gasteiger partial charge on any atom is 0.251 e. The zero-order chi connectivity index (χ0) is 33.9. The molecule has 4 aromatic carbocycles. The third kappa shape index (κ3) is 10.9. The third-order valence-electron chi connectivity index (χ3n) is 7.00. The van der Waals surface area contributed by atoms with Crippen LogP contribution < -0.4 is 20.7 Å². The molecule has 0 aliphatic carbocycles. The molecule has 4 rings (SSSR count). The third-order valence-corrected chi connectivity index (χ3v) is 8.86. The summed E-state index contributed by atoms with van der Waals surface area (Å²) in [7, 11) is 1.54. The molecule has 0 aliphatic rings. The fourth-order valence-electron chi connectivity index (χ4n) is 4.86. The molecule has 0 aliphatic heterocycles. The molecule has 0 bridgehead atoms. The number of aromatic hydroxyl groups is 1. The summed E-state index contributed by atoms with van der Waals surface area (Å²) in [5.74, 6) is 3.53. The first-order valence-corrected chi connectivity index (χ1v) is 18.2. The molecule has 0 fully saturated rings. The summed E-state index contributed by atoms with van der Waals surface area (Å²) in [4.78, 5) is 13.6. The van der Waals surface area contributed by atoms with Crippen LogP contribution in [0.2, 0.25) is 0 Å². The molecule has 0 aromatic heterocycles. The molecule has 246 valence electrons. The Hall–Kier alpha value is -3.32. The van der Waals surface area contributed by atoms with Crippen molar-refractivity contribution in [2.45, 2.75) is 44.0 Å². The van der Waals surface area contributed by atoms with Gasteiger partial charge in [-0.3, -0.25) is 9.10 Å². The highest BCUT2D eigenvalue weighted by atomic mass is 32.2. The number of anilines is 2. The summed E-state index contributed by atoms with van der Waals surface area (Å²) in [6.07, 6.45) is 2.00. The Morgan fingerprint density at radius 3 is 2.20 bits per heavy atom. The minimum Gasteiger partial charge on any atom is -0.508 e. The molecule has 11 heteroatoms. The molecule has 4 aromatic rings. The van der Waals surface area contributed by atoms with Gasteiger partial charge in [0.1, 0.15) is 5.75 Å². The summed E-state index contributed by atoms with van der Waals surface area (Å²) in [6.45, 7) is 4.88. The number of hydrogen-bond donors (Lipinski definition) is 4. The smallest absolute Gasteiger partial charge is 0.251 e. The van der Waals surface area contributed by atoms with Gasteiger partial charge in [0.15, 0.2) is 5.15 Å². The van der Waals surface area contributed by atoms with E-state index in [2.05, 4.69) is 35.0 Å². The van der Waals surface area contributed by atoms with Crippen LogP contribution in [0.15, 0.2) is 103 Å². The lowest BCUT2D eigenvalue weighted by molar-refractivity contribution is 0.0930. The molecule has 5 unspecified atom stereocenters. The normalized spacial score (nSPS) is 13.8. The molecule has 0 spiro atoms. The number of hydrogen-bond acceptors (Lipinski definition) is 5. The van der Waals surface area contributed by atoms with Crippen molar-refractivity contribution in [1.29, 1.82) is 0 Å². The highest BCUT2D eigenvalue weighted by molar-refractivity contribution is 8.01. The van der Waals surface area contributed by atoms with Crippen LogP contribution in [0, 0.1) is 0 Å².